The van der Waals surface area contributed by atoms with Gasteiger partial charge in [-0.3, -0.25) is 4.79 Å². The summed E-state index contributed by atoms with van der Waals surface area (Å²) >= 11 is 0. The van der Waals surface area contributed by atoms with Gasteiger partial charge in [0.15, 0.2) is 5.65 Å². The van der Waals surface area contributed by atoms with Gasteiger partial charge in [0, 0.05) is 33.1 Å². The molecule has 27 heavy (non-hydrogen) atoms. The summed E-state index contributed by atoms with van der Waals surface area (Å²) in [6, 6.07) is 12.6. The third-order valence-corrected chi connectivity index (χ3v) is 4.94. The predicted octanol–water partition coefficient (Wildman–Crippen LogP) is 2.24. The van der Waals surface area contributed by atoms with Gasteiger partial charge in [-0.2, -0.15) is 4.98 Å². The molecule has 2 N–H and O–H groups in total. The van der Waals surface area contributed by atoms with Crippen LogP contribution in [0.5, 0.6) is 0 Å². The number of carbonyl (C=O) groups excluding carboxylic acids is 1. The van der Waals surface area contributed by atoms with Crippen LogP contribution in [0.15, 0.2) is 42.6 Å². The minimum atomic E-state index is 0.0139. The van der Waals surface area contributed by atoms with E-state index in [0.29, 0.717) is 0 Å². The van der Waals surface area contributed by atoms with Gasteiger partial charge in [0.2, 0.25) is 11.9 Å². The molecule has 7 heteroatoms. The van der Waals surface area contributed by atoms with Crippen LogP contribution in [0, 0.1) is 0 Å². The quantitative estimate of drug-likeness (QED) is 0.726. The van der Waals surface area contributed by atoms with Crippen LogP contribution < -0.4 is 15.5 Å². The first-order valence-electron chi connectivity index (χ1n) is 9.24. The molecule has 0 radical (unpaired) electrons. The lowest BCUT2D eigenvalue weighted by molar-refractivity contribution is -0.119. The van der Waals surface area contributed by atoms with Crippen molar-refractivity contribution in [3.05, 3.63) is 48.2 Å². The largest absolute Gasteiger partial charge is 0.387 e. The van der Waals surface area contributed by atoms with Crippen molar-refractivity contribution in [1.29, 1.82) is 0 Å². The van der Waals surface area contributed by atoms with E-state index in [1.54, 1.807) is 13.1 Å². The summed E-state index contributed by atoms with van der Waals surface area (Å²) in [6.45, 7) is 3.91. The summed E-state index contributed by atoms with van der Waals surface area (Å²) in [7, 11) is 1.89. The van der Waals surface area contributed by atoms with E-state index in [0.717, 1.165) is 48.9 Å². The predicted molar refractivity (Wildman–Crippen MR) is 107 cm³/mol. The second-order valence-electron chi connectivity index (χ2n) is 6.93. The molecule has 0 bridgehead atoms. The summed E-state index contributed by atoms with van der Waals surface area (Å²) in [5.41, 5.74) is 3.91. The Morgan fingerprint density at radius 3 is 2.85 bits per heavy atom. The molecule has 0 unspecified atom stereocenters. The lowest BCUT2D eigenvalue weighted by atomic mass is 10.2. The zero-order valence-electron chi connectivity index (χ0n) is 15.6. The Morgan fingerprint density at radius 1 is 1.30 bits per heavy atom. The summed E-state index contributed by atoms with van der Waals surface area (Å²) in [6.07, 6.45) is 2.72. The first kappa shape index (κ1) is 17.3. The number of carbonyl (C=O) groups is 1. The summed E-state index contributed by atoms with van der Waals surface area (Å²) in [4.78, 5) is 23.0. The topological polar surface area (TPSA) is 75.1 Å². The average Bonchev–Trinajstić information content (AvgIpc) is 3.26. The number of hydrogen-bond donors (Lipinski definition) is 2. The molecule has 7 nitrogen and oxygen atoms in total. The van der Waals surface area contributed by atoms with Gasteiger partial charge in [-0.1, -0.05) is 30.3 Å². The van der Waals surface area contributed by atoms with E-state index < -0.39 is 0 Å². The highest BCUT2D eigenvalue weighted by atomic mass is 16.1. The molecule has 0 saturated carbocycles. The molecular formula is C20H24N6O. The number of pyridine rings is 1. The molecule has 4 rings (SSSR count). The van der Waals surface area contributed by atoms with Crippen molar-refractivity contribution >= 4 is 28.7 Å². The van der Waals surface area contributed by atoms with Crippen LogP contribution >= 0.6 is 0 Å². The molecule has 1 aliphatic rings. The van der Waals surface area contributed by atoms with Crippen LogP contribution in [0.4, 0.5) is 11.6 Å². The van der Waals surface area contributed by atoms with E-state index >= 15 is 0 Å². The number of nitrogens with one attached hydrogen (secondary N) is 2. The maximum absolute atomic E-state index is 11.4. The molecule has 0 aliphatic carbocycles. The van der Waals surface area contributed by atoms with Crippen LogP contribution in [0.25, 0.3) is 11.2 Å². The number of imidazole rings is 1. The van der Waals surface area contributed by atoms with Crippen LogP contribution in [0.1, 0.15) is 18.9 Å². The Labute approximate surface area is 158 Å². The van der Waals surface area contributed by atoms with Crippen molar-refractivity contribution in [2.45, 2.75) is 25.9 Å². The monoisotopic (exact) mass is 364 g/mol. The van der Waals surface area contributed by atoms with Gasteiger partial charge < -0.3 is 20.1 Å². The zero-order valence-corrected chi connectivity index (χ0v) is 15.6. The van der Waals surface area contributed by atoms with Crippen molar-refractivity contribution in [3.63, 3.8) is 0 Å². The number of amides is 1. The second-order valence-corrected chi connectivity index (χ2v) is 6.93. The average molecular weight is 364 g/mol. The molecule has 1 saturated heterocycles. The third kappa shape index (κ3) is 3.58. The van der Waals surface area contributed by atoms with Crippen molar-refractivity contribution in [2.75, 3.05) is 30.4 Å². The number of rotatable bonds is 5. The van der Waals surface area contributed by atoms with E-state index in [-0.39, 0.29) is 11.9 Å². The van der Waals surface area contributed by atoms with Crippen LogP contribution in [-0.2, 0) is 11.3 Å². The first-order chi connectivity index (χ1) is 13.1. The van der Waals surface area contributed by atoms with Gasteiger partial charge in [-0.25, -0.2) is 4.98 Å². The Balaban J connectivity index is 1.73. The number of fused-ring (bicyclic) bond motifs is 1. The summed E-state index contributed by atoms with van der Waals surface area (Å²) in [5, 5.41) is 6.17. The minimum Gasteiger partial charge on any atom is -0.387 e. The number of nitrogens with zero attached hydrogens (tertiary/aromatic N) is 4. The number of hydrogen-bond acceptors (Lipinski definition) is 5. The fourth-order valence-corrected chi connectivity index (χ4v) is 3.64. The van der Waals surface area contributed by atoms with Crippen molar-refractivity contribution < 1.29 is 4.79 Å². The summed E-state index contributed by atoms with van der Waals surface area (Å²) in [5.74, 6) is 0.919. The molecule has 2 aromatic heterocycles. The van der Waals surface area contributed by atoms with Gasteiger partial charge in [0.25, 0.3) is 0 Å². The Kier molecular flexibility index (Phi) is 4.66. The third-order valence-electron chi connectivity index (χ3n) is 4.94. The van der Waals surface area contributed by atoms with E-state index in [9.17, 15) is 4.79 Å². The van der Waals surface area contributed by atoms with Crippen LogP contribution in [0.2, 0.25) is 0 Å². The van der Waals surface area contributed by atoms with Crippen molar-refractivity contribution in [3.8, 4) is 0 Å². The number of anilines is 2. The normalized spacial score (nSPS) is 16.7. The molecule has 1 atom stereocenters. The highest BCUT2D eigenvalue weighted by Gasteiger charge is 2.27. The SMILES string of the molecule is CNc1cnc2nc(N3CC[C@@H](NC(C)=O)C3)n(Cc3ccccc3)c2c1. The highest BCUT2D eigenvalue weighted by molar-refractivity contribution is 5.79. The van der Waals surface area contributed by atoms with Gasteiger partial charge in [-0.15, -0.1) is 0 Å². The highest BCUT2D eigenvalue weighted by Crippen LogP contribution is 2.27. The maximum Gasteiger partial charge on any atom is 0.217 e. The first-order valence-corrected chi connectivity index (χ1v) is 9.24. The molecule has 3 heterocycles. The van der Waals surface area contributed by atoms with Crippen LogP contribution in [0.3, 0.4) is 0 Å². The Hall–Kier alpha value is -3.09. The van der Waals surface area contributed by atoms with Gasteiger partial charge >= 0.3 is 0 Å². The lowest BCUT2D eigenvalue weighted by Crippen LogP contribution is -2.36. The number of aromatic nitrogens is 3. The fourth-order valence-electron chi connectivity index (χ4n) is 3.64. The molecule has 1 aromatic carbocycles. The van der Waals surface area contributed by atoms with E-state index in [4.69, 9.17) is 4.98 Å². The fraction of sp³-hybridized carbons (Fsp3) is 0.350. The molecular weight excluding hydrogens is 340 g/mol. The van der Waals surface area contributed by atoms with Crippen LogP contribution in [-0.4, -0.2) is 46.6 Å². The molecule has 140 valence electrons. The Bertz CT molecular complexity index is 952. The Morgan fingerprint density at radius 2 is 2.11 bits per heavy atom. The standard InChI is InChI=1S/C20H24N6O/c1-14(27)23-16-8-9-25(13-16)20-24-19-18(10-17(21-2)11-22-19)26(20)12-15-6-4-3-5-7-15/h3-7,10-11,16,21H,8-9,12-13H2,1-2H3,(H,23,27)/t16-/m1/s1. The molecule has 1 fully saturated rings. The molecule has 0 spiro atoms. The van der Waals surface area contributed by atoms with Gasteiger partial charge in [-0.05, 0) is 18.1 Å². The lowest BCUT2D eigenvalue weighted by Gasteiger charge is -2.20. The molecule has 1 amide bonds. The van der Waals surface area contributed by atoms with E-state index in [1.165, 1.54) is 5.56 Å². The van der Waals surface area contributed by atoms with E-state index in [2.05, 4.69) is 43.3 Å². The smallest absolute Gasteiger partial charge is 0.217 e. The summed E-state index contributed by atoms with van der Waals surface area (Å²) < 4.78 is 2.22. The molecule has 1 aliphatic heterocycles. The van der Waals surface area contributed by atoms with Crippen molar-refractivity contribution in [2.24, 2.45) is 0 Å². The van der Waals surface area contributed by atoms with Crippen molar-refractivity contribution in [1.82, 2.24) is 19.9 Å². The number of benzene rings is 1. The minimum absolute atomic E-state index is 0.0139. The van der Waals surface area contributed by atoms with Gasteiger partial charge in [0.05, 0.1) is 23.9 Å². The zero-order chi connectivity index (χ0) is 18.8. The maximum atomic E-state index is 11.4. The second kappa shape index (κ2) is 7.26. The van der Waals surface area contributed by atoms with E-state index in [1.807, 2.05) is 25.2 Å². The molecule has 3 aromatic rings. The van der Waals surface area contributed by atoms with Gasteiger partial charge in [0.1, 0.15) is 0 Å².